The van der Waals surface area contributed by atoms with Crippen LogP contribution in [0.1, 0.15) is 11.1 Å². The number of carbonyl (C=O) groups excluding carboxylic acids is 1. The number of nitrogens with one attached hydrogen (secondary N) is 3. The fraction of sp³-hybridized carbons (Fsp3) is 0.533. The van der Waals surface area contributed by atoms with Gasteiger partial charge in [0.1, 0.15) is 0 Å². The van der Waals surface area contributed by atoms with E-state index in [0.717, 1.165) is 29.9 Å². The Bertz CT molecular complexity index is 411. The average molecular weight is 352 g/mol. The van der Waals surface area contributed by atoms with Crippen LogP contribution in [-0.2, 0) is 9.53 Å². The summed E-state index contributed by atoms with van der Waals surface area (Å²) < 4.78 is 4.92. The number of para-hydroxylation sites is 1. The molecule has 0 aliphatic carbocycles. The van der Waals surface area contributed by atoms with Gasteiger partial charge in [-0.25, -0.2) is 0 Å². The lowest BCUT2D eigenvalue weighted by Gasteiger charge is -2.12. The van der Waals surface area contributed by atoms with Gasteiger partial charge in [-0.15, -0.1) is 24.8 Å². The molecular weight excluding hydrogens is 325 g/mol. The Hall–Kier alpha value is -1.01. The summed E-state index contributed by atoms with van der Waals surface area (Å²) in [5.41, 5.74) is 3.35. The van der Waals surface area contributed by atoms with Crippen molar-refractivity contribution < 1.29 is 9.53 Å². The van der Waals surface area contributed by atoms with Gasteiger partial charge in [0, 0.05) is 32.4 Å². The summed E-state index contributed by atoms with van der Waals surface area (Å²) in [5.74, 6) is 0.00111. The highest BCUT2D eigenvalue weighted by Gasteiger charge is 2.04. The van der Waals surface area contributed by atoms with Crippen LogP contribution in [0.25, 0.3) is 0 Å². The van der Waals surface area contributed by atoms with Crippen LogP contribution >= 0.6 is 24.8 Å². The number of aryl methyl sites for hydroxylation is 2. The summed E-state index contributed by atoms with van der Waals surface area (Å²) in [4.78, 5) is 11.7. The van der Waals surface area contributed by atoms with Gasteiger partial charge in [-0.3, -0.25) is 4.79 Å². The molecule has 1 amide bonds. The third kappa shape index (κ3) is 9.10. The molecule has 0 aliphatic heterocycles. The molecule has 128 valence electrons. The van der Waals surface area contributed by atoms with Crippen molar-refractivity contribution >= 4 is 36.4 Å². The number of hydrogen-bond acceptors (Lipinski definition) is 4. The Morgan fingerprint density at radius 3 is 2.32 bits per heavy atom. The minimum atomic E-state index is 0. The number of benzene rings is 1. The molecule has 0 saturated heterocycles. The SMILES string of the molecule is COCCNCCNC(=O)CNc1c(C)cccc1C.Cl.Cl. The standard InChI is InChI=1S/C15H25N3O2.2ClH/c1-12-5-4-6-13(2)15(12)18-11-14(19)17-8-7-16-9-10-20-3;;/h4-6,16,18H,7-11H2,1-3H3,(H,17,19);2*1H. The summed E-state index contributed by atoms with van der Waals surface area (Å²) in [6, 6.07) is 6.08. The molecule has 0 bridgehead atoms. The van der Waals surface area contributed by atoms with Crippen LogP contribution in [0.15, 0.2) is 18.2 Å². The molecule has 3 N–H and O–H groups in total. The Morgan fingerprint density at radius 2 is 1.73 bits per heavy atom. The van der Waals surface area contributed by atoms with E-state index in [9.17, 15) is 4.79 Å². The number of methoxy groups -OCH3 is 1. The van der Waals surface area contributed by atoms with Crippen LogP contribution in [-0.4, -0.2) is 45.8 Å². The zero-order valence-electron chi connectivity index (χ0n) is 13.4. The molecular formula is C15H27Cl2N3O2. The number of carbonyl (C=O) groups is 1. The quantitative estimate of drug-likeness (QED) is 0.594. The summed E-state index contributed by atoms with van der Waals surface area (Å²) >= 11 is 0. The van der Waals surface area contributed by atoms with E-state index >= 15 is 0 Å². The van der Waals surface area contributed by atoms with E-state index in [2.05, 4.69) is 16.0 Å². The monoisotopic (exact) mass is 351 g/mol. The second kappa shape index (κ2) is 13.6. The summed E-state index contributed by atoms with van der Waals surface area (Å²) in [7, 11) is 1.67. The summed E-state index contributed by atoms with van der Waals surface area (Å²) in [5, 5.41) is 9.23. The first-order valence-corrected chi connectivity index (χ1v) is 6.91. The van der Waals surface area contributed by atoms with Crippen molar-refractivity contribution in [2.24, 2.45) is 0 Å². The van der Waals surface area contributed by atoms with E-state index in [1.807, 2.05) is 32.0 Å². The van der Waals surface area contributed by atoms with Crippen molar-refractivity contribution in [3.05, 3.63) is 29.3 Å². The predicted octanol–water partition coefficient (Wildman–Crippen LogP) is 1.91. The van der Waals surface area contributed by atoms with Gasteiger partial charge in [-0.05, 0) is 25.0 Å². The molecule has 1 aromatic carbocycles. The van der Waals surface area contributed by atoms with Gasteiger partial charge in [-0.1, -0.05) is 18.2 Å². The molecule has 0 aromatic heterocycles. The van der Waals surface area contributed by atoms with Gasteiger partial charge in [0.25, 0.3) is 0 Å². The van der Waals surface area contributed by atoms with Crippen molar-refractivity contribution in [2.45, 2.75) is 13.8 Å². The van der Waals surface area contributed by atoms with Crippen LogP contribution < -0.4 is 16.0 Å². The highest BCUT2D eigenvalue weighted by atomic mass is 35.5. The molecule has 0 fully saturated rings. The molecule has 0 saturated carbocycles. The molecule has 22 heavy (non-hydrogen) atoms. The normalized spacial score (nSPS) is 9.41. The highest BCUT2D eigenvalue weighted by molar-refractivity contribution is 5.85. The first-order valence-electron chi connectivity index (χ1n) is 6.91. The number of halogens is 2. The molecule has 0 atom stereocenters. The number of hydrogen-bond donors (Lipinski definition) is 3. The van der Waals surface area contributed by atoms with Crippen LogP contribution in [0.3, 0.4) is 0 Å². The van der Waals surface area contributed by atoms with Crippen LogP contribution in [0.2, 0.25) is 0 Å². The maximum atomic E-state index is 11.7. The fourth-order valence-corrected chi connectivity index (χ4v) is 1.91. The van der Waals surface area contributed by atoms with Crippen LogP contribution in [0.4, 0.5) is 5.69 Å². The van der Waals surface area contributed by atoms with Crippen molar-refractivity contribution in [1.29, 1.82) is 0 Å². The Balaban J connectivity index is 0. The smallest absolute Gasteiger partial charge is 0.239 e. The topological polar surface area (TPSA) is 62.4 Å². The molecule has 0 unspecified atom stereocenters. The van der Waals surface area contributed by atoms with Gasteiger partial charge in [0.05, 0.1) is 13.2 Å². The van der Waals surface area contributed by atoms with E-state index < -0.39 is 0 Å². The second-order valence-corrected chi connectivity index (χ2v) is 4.71. The van der Waals surface area contributed by atoms with Gasteiger partial charge in [0.2, 0.25) is 5.91 Å². The maximum absolute atomic E-state index is 11.7. The third-order valence-corrected chi connectivity index (χ3v) is 3.01. The molecule has 1 rings (SSSR count). The van der Waals surface area contributed by atoms with Gasteiger partial charge >= 0.3 is 0 Å². The van der Waals surface area contributed by atoms with Crippen molar-refractivity contribution in [1.82, 2.24) is 10.6 Å². The van der Waals surface area contributed by atoms with Crippen LogP contribution in [0.5, 0.6) is 0 Å². The second-order valence-electron chi connectivity index (χ2n) is 4.71. The van der Waals surface area contributed by atoms with Gasteiger partial charge in [-0.2, -0.15) is 0 Å². The van der Waals surface area contributed by atoms with Crippen LogP contribution in [0, 0.1) is 13.8 Å². The minimum absolute atomic E-state index is 0. The molecule has 0 radical (unpaired) electrons. The lowest BCUT2D eigenvalue weighted by atomic mass is 10.1. The molecule has 7 heteroatoms. The largest absolute Gasteiger partial charge is 0.383 e. The average Bonchev–Trinajstić information content (AvgIpc) is 2.42. The zero-order chi connectivity index (χ0) is 14.8. The molecule has 0 heterocycles. The summed E-state index contributed by atoms with van der Waals surface area (Å²) in [6.07, 6.45) is 0. The lowest BCUT2D eigenvalue weighted by molar-refractivity contribution is -0.119. The first-order chi connectivity index (χ1) is 9.65. The van der Waals surface area contributed by atoms with E-state index in [1.165, 1.54) is 0 Å². The fourth-order valence-electron chi connectivity index (χ4n) is 1.91. The Morgan fingerprint density at radius 1 is 1.09 bits per heavy atom. The van der Waals surface area contributed by atoms with Crippen molar-refractivity contribution in [3.63, 3.8) is 0 Å². The highest BCUT2D eigenvalue weighted by Crippen LogP contribution is 2.18. The Labute approximate surface area is 145 Å². The van der Waals surface area contributed by atoms with Gasteiger partial charge < -0.3 is 20.7 Å². The van der Waals surface area contributed by atoms with E-state index in [-0.39, 0.29) is 30.7 Å². The number of rotatable bonds is 9. The van der Waals surface area contributed by atoms with Gasteiger partial charge in [0.15, 0.2) is 0 Å². The van der Waals surface area contributed by atoms with Crippen molar-refractivity contribution in [2.75, 3.05) is 45.2 Å². The van der Waals surface area contributed by atoms with E-state index in [1.54, 1.807) is 7.11 Å². The lowest BCUT2D eigenvalue weighted by Crippen LogP contribution is -2.36. The molecule has 0 aliphatic rings. The van der Waals surface area contributed by atoms with E-state index in [0.29, 0.717) is 19.7 Å². The maximum Gasteiger partial charge on any atom is 0.239 e. The predicted molar refractivity (Wildman–Crippen MR) is 96.7 cm³/mol. The minimum Gasteiger partial charge on any atom is -0.383 e. The van der Waals surface area contributed by atoms with Crippen molar-refractivity contribution in [3.8, 4) is 0 Å². The third-order valence-electron chi connectivity index (χ3n) is 3.01. The Kier molecular flexibility index (Phi) is 14.4. The number of ether oxygens (including phenoxy) is 1. The molecule has 1 aromatic rings. The first kappa shape index (κ1) is 23.3. The van der Waals surface area contributed by atoms with E-state index in [4.69, 9.17) is 4.74 Å². The summed E-state index contributed by atoms with van der Waals surface area (Å²) in [6.45, 7) is 7.22. The molecule has 0 spiro atoms. The zero-order valence-corrected chi connectivity index (χ0v) is 15.0. The number of anilines is 1. The molecule has 5 nitrogen and oxygen atoms in total. The number of amides is 1.